The van der Waals surface area contributed by atoms with Crippen molar-refractivity contribution in [3.8, 4) is 0 Å². The van der Waals surface area contributed by atoms with Gasteiger partial charge in [0.2, 0.25) is 0 Å². The van der Waals surface area contributed by atoms with Crippen molar-refractivity contribution in [2.24, 2.45) is 0 Å². The van der Waals surface area contributed by atoms with Crippen LogP contribution >= 0.6 is 0 Å². The van der Waals surface area contributed by atoms with E-state index in [4.69, 9.17) is 4.74 Å². The van der Waals surface area contributed by atoms with Crippen LogP contribution in [0, 0.1) is 0 Å². The van der Waals surface area contributed by atoms with E-state index in [-0.39, 0.29) is 11.3 Å². The van der Waals surface area contributed by atoms with Crippen LogP contribution in [-0.2, 0) is 21.2 Å². The third-order valence-corrected chi connectivity index (χ3v) is 6.76. The van der Waals surface area contributed by atoms with Crippen molar-refractivity contribution in [2.45, 2.75) is 49.9 Å². The summed E-state index contributed by atoms with van der Waals surface area (Å²) in [4.78, 5) is 12.3. The molecule has 158 valence electrons. The number of aromatic nitrogens is 1. The van der Waals surface area contributed by atoms with Gasteiger partial charge in [-0.15, -0.1) is 0 Å². The first kappa shape index (κ1) is 20.4. The van der Waals surface area contributed by atoms with Gasteiger partial charge in [0.25, 0.3) is 10.0 Å². The minimum atomic E-state index is -3.77. The van der Waals surface area contributed by atoms with Crippen molar-refractivity contribution in [1.29, 1.82) is 0 Å². The van der Waals surface area contributed by atoms with Gasteiger partial charge in [0.15, 0.2) is 0 Å². The first-order valence-corrected chi connectivity index (χ1v) is 11.1. The number of amides is 1. The number of fused-ring (bicyclic) bond motifs is 3. The molecule has 1 N–H and O–H groups in total. The van der Waals surface area contributed by atoms with Crippen LogP contribution in [0.15, 0.2) is 59.6 Å². The molecule has 1 aliphatic carbocycles. The highest BCUT2D eigenvalue weighted by atomic mass is 32.2. The van der Waals surface area contributed by atoms with Gasteiger partial charge in [-0.3, -0.25) is 0 Å². The maximum Gasteiger partial charge on any atom is 0.408 e. The maximum absolute atomic E-state index is 14.8. The fourth-order valence-corrected chi connectivity index (χ4v) is 5.18. The summed E-state index contributed by atoms with van der Waals surface area (Å²) in [5, 5.41) is 3.26. The first-order chi connectivity index (χ1) is 14.1. The largest absolute Gasteiger partial charge is 0.444 e. The third-order valence-electron chi connectivity index (χ3n) is 5.05. The van der Waals surface area contributed by atoms with Gasteiger partial charge in [-0.1, -0.05) is 24.3 Å². The van der Waals surface area contributed by atoms with E-state index in [1.54, 1.807) is 57.2 Å². The molecule has 3 aromatic rings. The molecule has 4 rings (SSSR count). The molecule has 2 aromatic carbocycles. The zero-order chi connectivity index (χ0) is 21.7. The Morgan fingerprint density at radius 2 is 1.83 bits per heavy atom. The van der Waals surface area contributed by atoms with E-state index in [0.717, 1.165) is 0 Å². The quantitative estimate of drug-likeness (QED) is 0.671. The monoisotopic (exact) mass is 430 g/mol. The summed E-state index contributed by atoms with van der Waals surface area (Å²) in [6, 6.07) is 12.3. The second kappa shape index (κ2) is 7.12. The third kappa shape index (κ3) is 3.56. The fourth-order valence-electron chi connectivity index (χ4n) is 3.82. The summed E-state index contributed by atoms with van der Waals surface area (Å²) in [5.41, 5.74) is 1.12. The van der Waals surface area contributed by atoms with Crippen LogP contribution in [-0.4, -0.2) is 30.3 Å². The van der Waals surface area contributed by atoms with E-state index < -0.39 is 33.9 Å². The Balaban J connectivity index is 1.72. The number of benzene rings is 2. The highest BCUT2D eigenvalue weighted by molar-refractivity contribution is 7.90. The SMILES string of the molecule is CC(C)(C)OC(=O)N[C@H]1c2ccc3c(ccn3S(=O)(=O)c3ccccc3)c2C[C@H]1F. The summed E-state index contributed by atoms with van der Waals surface area (Å²) < 4.78 is 47.3. The van der Waals surface area contributed by atoms with Crippen LogP contribution in [0.4, 0.5) is 9.18 Å². The average molecular weight is 431 g/mol. The Labute approximate surface area is 174 Å². The molecule has 1 aromatic heterocycles. The van der Waals surface area contributed by atoms with Crippen LogP contribution < -0.4 is 5.32 Å². The molecule has 0 aliphatic heterocycles. The van der Waals surface area contributed by atoms with Gasteiger partial charge in [-0.2, -0.15) is 0 Å². The minimum absolute atomic E-state index is 0.0858. The highest BCUT2D eigenvalue weighted by Crippen LogP contribution is 2.39. The summed E-state index contributed by atoms with van der Waals surface area (Å²) in [6.45, 7) is 5.21. The lowest BCUT2D eigenvalue weighted by atomic mass is 10.0. The van der Waals surface area contributed by atoms with E-state index in [0.29, 0.717) is 22.0 Å². The molecular weight excluding hydrogens is 407 g/mol. The highest BCUT2D eigenvalue weighted by Gasteiger charge is 2.36. The maximum atomic E-state index is 14.8. The minimum Gasteiger partial charge on any atom is -0.444 e. The van der Waals surface area contributed by atoms with Gasteiger partial charge in [0.1, 0.15) is 11.8 Å². The molecule has 8 heteroatoms. The zero-order valence-electron chi connectivity index (χ0n) is 16.9. The van der Waals surface area contributed by atoms with Crippen LogP contribution in [0.5, 0.6) is 0 Å². The number of nitrogens with zero attached hydrogens (tertiary/aromatic N) is 1. The molecule has 0 radical (unpaired) electrons. The second-order valence-corrected chi connectivity index (χ2v) is 10.2. The molecule has 0 spiro atoms. The van der Waals surface area contributed by atoms with Crippen LogP contribution in [0.2, 0.25) is 0 Å². The van der Waals surface area contributed by atoms with Crippen molar-refractivity contribution in [2.75, 3.05) is 0 Å². The summed E-state index contributed by atoms with van der Waals surface area (Å²) >= 11 is 0. The number of carbonyl (C=O) groups excluding carboxylic acids is 1. The standard InChI is InChI=1S/C22H23FN2O4S/c1-22(2,3)29-21(26)24-20-16-9-10-19-15(17(16)13-18(20)23)11-12-25(19)30(27,28)14-7-5-4-6-8-14/h4-12,18,20H,13H2,1-3H3,(H,24,26)/t18-,20+/m1/s1. The summed E-state index contributed by atoms with van der Waals surface area (Å²) in [6.07, 6.45) is -0.447. The number of ether oxygens (including phenoxy) is 1. The van der Waals surface area contributed by atoms with Crippen molar-refractivity contribution in [3.05, 3.63) is 65.9 Å². The Hall–Kier alpha value is -2.87. The number of rotatable bonds is 3. The van der Waals surface area contributed by atoms with Crippen molar-refractivity contribution in [3.63, 3.8) is 0 Å². The van der Waals surface area contributed by atoms with E-state index in [1.165, 1.54) is 22.3 Å². The Morgan fingerprint density at radius 3 is 2.50 bits per heavy atom. The number of carbonyl (C=O) groups is 1. The Bertz CT molecular complexity index is 1210. The van der Waals surface area contributed by atoms with Crippen LogP contribution in [0.3, 0.4) is 0 Å². The summed E-state index contributed by atoms with van der Waals surface area (Å²) in [5.74, 6) is 0. The molecule has 1 heterocycles. The average Bonchev–Trinajstić information content (AvgIpc) is 3.23. The number of hydrogen-bond donors (Lipinski definition) is 1. The molecule has 0 fully saturated rings. The molecular formula is C22H23FN2O4S. The molecule has 0 bridgehead atoms. The molecule has 2 atom stereocenters. The second-order valence-electron chi connectivity index (χ2n) is 8.34. The Morgan fingerprint density at radius 1 is 1.13 bits per heavy atom. The normalized spacial score (nSPS) is 18.9. The van der Waals surface area contributed by atoms with Crippen LogP contribution in [0.25, 0.3) is 10.9 Å². The molecule has 30 heavy (non-hydrogen) atoms. The fraction of sp³-hybridized carbons (Fsp3) is 0.318. The molecule has 1 amide bonds. The predicted octanol–water partition coefficient (Wildman–Crippen LogP) is 4.34. The molecule has 0 saturated heterocycles. The predicted molar refractivity (Wildman–Crippen MR) is 112 cm³/mol. The number of halogens is 1. The Kier molecular flexibility index (Phi) is 4.85. The van der Waals surface area contributed by atoms with Crippen molar-refractivity contribution in [1.82, 2.24) is 9.29 Å². The van der Waals surface area contributed by atoms with Gasteiger partial charge in [0.05, 0.1) is 16.5 Å². The van der Waals surface area contributed by atoms with Crippen molar-refractivity contribution >= 4 is 27.0 Å². The van der Waals surface area contributed by atoms with Gasteiger partial charge in [-0.25, -0.2) is 21.6 Å². The van der Waals surface area contributed by atoms with Gasteiger partial charge in [-0.05, 0) is 56.2 Å². The van der Waals surface area contributed by atoms with E-state index in [1.807, 2.05) is 0 Å². The molecule has 0 saturated carbocycles. The van der Waals surface area contributed by atoms with E-state index >= 15 is 0 Å². The summed E-state index contributed by atoms with van der Waals surface area (Å²) in [7, 11) is -3.77. The first-order valence-electron chi connectivity index (χ1n) is 9.65. The molecule has 0 unspecified atom stereocenters. The van der Waals surface area contributed by atoms with Gasteiger partial charge < -0.3 is 10.1 Å². The number of nitrogens with one attached hydrogen (secondary N) is 1. The molecule has 1 aliphatic rings. The molecule has 6 nitrogen and oxygen atoms in total. The zero-order valence-corrected chi connectivity index (χ0v) is 17.7. The lowest BCUT2D eigenvalue weighted by molar-refractivity contribution is 0.0479. The smallest absolute Gasteiger partial charge is 0.408 e. The number of hydrogen-bond acceptors (Lipinski definition) is 4. The topological polar surface area (TPSA) is 77.4 Å². The number of alkyl halides is 1. The van der Waals surface area contributed by atoms with Gasteiger partial charge >= 0.3 is 6.09 Å². The lowest BCUT2D eigenvalue weighted by Gasteiger charge is -2.23. The lowest BCUT2D eigenvalue weighted by Crippen LogP contribution is -2.37. The van der Waals surface area contributed by atoms with E-state index in [9.17, 15) is 17.6 Å². The van der Waals surface area contributed by atoms with Crippen molar-refractivity contribution < 1.29 is 22.3 Å². The van der Waals surface area contributed by atoms with Crippen LogP contribution in [0.1, 0.15) is 37.9 Å². The van der Waals surface area contributed by atoms with Gasteiger partial charge in [0, 0.05) is 18.0 Å². The van der Waals surface area contributed by atoms with E-state index in [2.05, 4.69) is 5.32 Å². The number of alkyl carbamates (subject to hydrolysis) is 1.